The summed E-state index contributed by atoms with van der Waals surface area (Å²) in [5, 5.41) is 6.62. The average molecular weight is 337 g/mol. The van der Waals surface area contributed by atoms with Gasteiger partial charge in [0.05, 0.1) is 6.04 Å². The number of carbonyl (C=O) groups excluding carboxylic acids is 1. The molecule has 3 rings (SSSR count). The Morgan fingerprint density at radius 2 is 2.04 bits per heavy atom. The molecule has 0 aliphatic carbocycles. The van der Waals surface area contributed by atoms with Crippen LogP contribution < -0.4 is 15.5 Å². The summed E-state index contributed by atoms with van der Waals surface area (Å²) in [5.74, 6) is 0.844. The van der Waals surface area contributed by atoms with Gasteiger partial charge in [-0.1, -0.05) is 24.3 Å². The van der Waals surface area contributed by atoms with E-state index in [4.69, 9.17) is 0 Å². The molecule has 6 nitrogen and oxygen atoms in total. The first kappa shape index (κ1) is 17.0. The Morgan fingerprint density at radius 1 is 1.24 bits per heavy atom. The number of aliphatic imine (C=N–C) groups is 1. The summed E-state index contributed by atoms with van der Waals surface area (Å²) in [4.78, 5) is 22.6. The number of amides is 1. The fourth-order valence-electron chi connectivity index (χ4n) is 2.90. The second kappa shape index (κ2) is 8.28. The van der Waals surface area contributed by atoms with Crippen LogP contribution in [0.3, 0.4) is 0 Å². The van der Waals surface area contributed by atoms with E-state index in [-0.39, 0.29) is 11.9 Å². The fourth-order valence-corrected chi connectivity index (χ4v) is 2.90. The van der Waals surface area contributed by atoms with Crippen molar-refractivity contribution in [1.29, 1.82) is 0 Å². The maximum Gasteiger partial charge on any atom is 0.229 e. The Balaban J connectivity index is 1.50. The number of anilines is 1. The van der Waals surface area contributed by atoms with Crippen molar-refractivity contribution < 1.29 is 4.79 Å². The highest BCUT2D eigenvalue weighted by Crippen LogP contribution is 2.20. The zero-order valence-electron chi connectivity index (χ0n) is 14.4. The SMILES string of the molecule is CN=C(NCCc1ccccn1)NC1CC(=O)N(c2ccccc2)C1. The van der Waals surface area contributed by atoms with E-state index in [2.05, 4.69) is 20.6 Å². The van der Waals surface area contributed by atoms with E-state index < -0.39 is 0 Å². The van der Waals surface area contributed by atoms with Crippen molar-refractivity contribution >= 4 is 17.6 Å². The summed E-state index contributed by atoms with van der Waals surface area (Å²) < 4.78 is 0. The lowest BCUT2D eigenvalue weighted by Gasteiger charge is -2.19. The Bertz CT molecular complexity index is 717. The number of nitrogens with zero attached hydrogens (tertiary/aromatic N) is 3. The number of carbonyl (C=O) groups is 1. The number of hydrogen-bond donors (Lipinski definition) is 2. The van der Waals surface area contributed by atoms with Crippen LogP contribution in [0, 0.1) is 0 Å². The van der Waals surface area contributed by atoms with Crippen LogP contribution in [0.25, 0.3) is 0 Å². The highest BCUT2D eigenvalue weighted by Gasteiger charge is 2.30. The van der Waals surface area contributed by atoms with Crippen molar-refractivity contribution in [3.8, 4) is 0 Å². The van der Waals surface area contributed by atoms with Crippen molar-refractivity contribution in [2.24, 2.45) is 4.99 Å². The first-order valence-electron chi connectivity index (χ1n) is 8.49. The third-order valence-corrected chi connectivity index (χ3v) is 4.16. The van der Waals surface area contributed by atoms with Gasteiger partial charge < -0.3 is 15.5 Å². The van der Waals surface area contributed by atoms with E-state index in [9.17, 15) is 4.79 Å². The summed E-state index contributed by atoms with van der Waals surface area (Å²) in [6.07, 6.45) is 3.09. The van der Waals surface area contributed by atoms with Crippen molar-refractivity contribution in [3.63, 3.8) is 0 Å². The zero-order chi connectivity index (χ0) is 17.5. The van der Waals surface area contributed by atoms with Crippen LogP contribution in [0.1, 0.15) is 12.1 Å². The van der Waals surface area contributed by atoms with Crippen LogP contribution in [0.5, 0.6) is 0 Å². The lowest BCUT2D eigenvalue weighted by atomic mass is 10.2. The van der Waals surface area contributed by atoms with Gasteiger partial charge in [0.2, 0.25) is 5.91 Å². The average Bonchev–Trinajstić information content (AvgIpc) is 3.02. The largest absolute Gasteiger partial charge is 0.356 e. The second-order valence-electron chi connectivity index (χ2n) is 5.96. The molecule has 6 heteroatoms. The Hall–Kier alpha value is -2.89. The fraction of sp³-hybridized carbons (Fsp3) is 0.316. The monoisotopic (exact) mass is 337 g/mol. The Morgan fingerprint density at radius 3 is 2.76 bits per heavy atom. The van der Waals surface area contributed by atoms with Gasteiger partial charge in [0.15, 0.2) is 5.96 Å². The predicted octanol–water partition coefficient (Wildman–Crippen LogP) is 1.59. The van der Waals surface area contributed by atoms with Gasteiger partial charge in [-0.25, -0.2) is 0 Å². The Labute approximate surface area is 148 Å². The number of rotatable bonds is 5. The van der Waals surface area contributed by atoms with Crippen LogP contribution >= 0.6 is 0 Å². The van der Waals surface area contributed by atoms with Crippen LogP contribution in [0.4, 0.5) is 5.69 Å². The molecule has 1 unspecified atom stereocenters. The number of pyridine rings is 1. The third-order valence-electron chi connectivity index (χ3n) is 4.16. The van der Waals surface area contributed by atoms with Crippen LogP contribution in [-0.2, 0) is 11.2 Å². The summed E-state index contributed by atoms with van der Waals surface area (Å²) in [6.45, 7) is 1.38. The molecule has 1 amide bonds. The number of hydrogen-bond acceptors (Lipinski definition) is 3. The highest BCUT2D eigenvalue weighted by atomic mass is 16.2. The quantitative estimate of drug-likeness (QED) is 0.642. The molecule has 0 saturated carbocycles. The molecule has 0 spiro atoms. The lowest BCUT2D eigenvalue weighted by Crippen LogP contribution is -2.45. The lowest BCUT2D eigenvalue weighted by molar-refractivity contribution is -0.117. The topological polar surface area (TPSA) is 69.6 Å². The van der Waals surface area contributed by atoms with Gasteiger partial charge in [0.25, 0.3) is 0 Å². The van der Waals surface area contributed by atoms with Gasteiger partial charge in [-0.3, -0.25) is 14.8 Å². The number of para-hydroxylation sites is 1. The van der Waals surface area contributed by atoms with Gasteiger partial charge in [-0.15, -0.1) is 0 Å². The standard InChI is InChI=1S/C19H23N5O/c1-20-19(22-12-10-15-7-5-6-11-21-15)23-16-13-18(25)24(14-16)17-8-3-2-4-9-17/h2-9,11,16H,10,12-14H2,1H3,(H2,20,22,23). The minimum atomic E-state index is 0.0498. The van der Waals surface area contributed by atoms with Crippen molar-refractivity contribution in [2.75, 3.05) is 25.0 Å². The normalized spacial score (nSPS) is 17.6. The van der Waals surface area contributed by atoms with E-state index >= 15 is 0 Å². The van der Waals surface area contributed by atoms with Crippen molar-refractivity contribution in [1.82, 2.24) is 15.6 Å². The molecule has 1 fully saturated rings. The number of benzene rings is 1. The summed E-state index contributed by atoms with van der Waals surface area (Å²) >= 11 is 0. The molecule has 1 aromatic carbocycles. The first-order chi connectivity index (χ1) is 12.3. The molecule has 0 radical (unpaired) electrons. The molecule has 130 valence electrons. The van der Waals surface area contributed by atoms with Crippen LogP contribution in [0.15, 0.2) is 59.7 Å². The smallest absolute Gasteiger partial charge is 0.229 e. The third kappa shape index (κ3) is 4.56. The van der Waals surface area contributed by atoms with Crippen LogP contribution in [0.2, 0.25) is 0 Å². The number of guanidine groups is 1. The summed E-state index contributed by atoms with van der Waals surface area (Å²) in [5.41, 5.74) is 1.98. The van der Waals surface area contributed by atoms with Crippen molar-refractivity contribution in [3.05, 3.63) is 60.4 Å². The molecule has 1 saturated heterocycles. The first-order valence-corrected chi connectivity index (χ1v) is 8.49. The molecule has 1 aromatic heterocycles. The van der Waals surface area contributed by atoms with E-state index in [1.165, 1.54) is 0 Å². The number of aromatic nitrogens is 1. The molecule has 2 N–H and O–H groups in total. The van der Waals surface area contributed by atoms with Gasteiger partial charge in [-0.2, -0.15) is 0 Å². The van der Waals surface area contributed by atoms with Gasteiger partial charge in [0, 0.05) is 50.6 Å². The predicted molar refractivity (Wildman–Crippen MR) is 99.6 cm³/mol. The van der Waals surface area contributed by atoms with E-state index in [1.807, 2.05) is 53.4 Å². The molecule has 25 heavy (non-hydrogen) atoms. The maximum atomic E-state index is 12.3. The van der Waals surface area contributed by atoms with E-state index in [1.54, 1.807) is 13.2 Å². The minimum Gasteiger partial charge on any atom is -0.356 e. The molecule has 1 aliphatic rings. The zero-order valence-corrected chi connectivity index (χ0v) is 14.4. The number of nitrogens with one attached hydrogen (secondary N) is 2. The molecular formula is C19H23N5O. The molecular weight excluding hydrogens is 314 g/mol. The van der Waals surface area contributed by atoms with Crippen LogP contribution in [-0.4, -0.2) is 43.0 Å². The van der Waals surface area contributed by atoms with Gasteiger partial charge >= 0.3 is 0 Å². The summed E-state index contributed by atoms with van der Waals surface area (Å²) in [7, 11) is 1.74. The second-order valence-corrected chi connectivity index (χ2v) is 5.96. The van der Waals surface area contributed by atoms with E-state index in [0.29, 0.717) is 18.9 Å². The highest BCUT2D eigenvalue weighted by molar-refractivity contribution is 5.97. The summed E-state index contributed by atoms with van der Waals surface area (Å²) in [6, 6.07) is 15.7. The molecule has 1 atom stereocenters. The van der Waals surface area contributed by atoms with Gasteiger partial charge in [0.1, 0.15) is 0 Å². The minimum absolute atomic E-state index is 0.0498. The molecule has 0 bridgehead atoms. The molecule has 2 heterocycles. The van der Waals surface area contributed by atoms with Crippen molar-refractivity contribution in [2.45, 2.75) is 18.9 Å². The molecule has 1 aliphatic heterocycles. The van der Waals surface area contributed by atoms with Gasteiger partial charge in [-0.05, 0) is 24.3 Å². The Kier molecular flexibility index (Phi) is 5.61. The molecule has 2 aromatic rings. The van der Waals surface area contributed by atoms with E-state index in [0.717, 1.165) is 24.3 Å². The maximum absolute atomic E-state index is 12.3.